The lowest BCUT2D eigenvalue weighted by Gasteiger charge is -2.08. The molecule has 0 bridgehead atoms. The molecule has 1 aromatic heterocycles. The monoisotopic (exact) mass is 289 g/mol. The van der Waals surface area contributed by atoms with Gasteiger partial charge in [0, 0.05) is 24.5 Å². The van der Waals surface area contributed by atoms with Gasteiger partial charge in [-0.15, -0.1) is 0 Å². The van der Waals surface area contributed by atoms with Crippen LogP contribution in [0.1, 0.15) is 29.8 Å². The molecule has 0 atom stereocenters. The van der Waals surface area contributed by atoms with Crippen LogP contribution in [0.3, 0.4) is 0 Å². The molecule has 1 heterocycles. The summed E-state index contributed by atoms with van der Waals surface area (Å²) in [5, 5.41) is 13.8. The Kier molecular flexibility index (Phi) is 6.92. The third-order valence-electron chi connectivity index (χ3n) is 2.43. The van der Waals surface area contributed by atoms with Crippen LogP contribution in [0, 0.1) is 17.8 Å². The number of aliphatic hydroxyl groups excluding tert-OH is 1. The number of carbonyl (C=O) groups excluding carboxylic acids is 2. The van der Waals surface area contributed by atoms with Crippen molar-refractivity contribution in [3.05, 3.63) is 29.6 Å². The minimum atomic E-state index is -0.394. The molecular weight excluding hydrogens is 270 g/mol. The number of aliphatic hydroxyl groups is 1. The van der Waals surface area contributed by atoms with Crippen LogP contribution in [-0.2, 0) is 4.79 Å². The molecule has 2 amide bonds. The Morgan fingerprint density at radius 2 is 2.10 bits per heavy atom. The van der Waals surface area contributed by atoms with Gasteiger partial charge in [0.15, 0.2) is 0 Å². The highest BCUT2D eigenvalue weighted by molar-refractivity contribution is 5.96. The molecule has 1 aromatic rings. The number of hydrogen-bond acceptors (Lipinski definition) is 4. The number of amides is 2. The summed E-state index contributed by atoms with van der Waals surface area (Å²) in [6.07, 6.45) is 2.89. The molecule has 3 N–H and O–H groups in total. The number of aromatic nitrogens is 1. The first kappa shape index (κ1) is 16.7. The predicted octanol–water partition coefficient (Wildman–Crippen LogP) is -0.0726. The fourth-order valence-electron chi connectivity index (χ4n) is 1.42. The summed E-state index contributed by atoms with van der Waals surface area (Å²) in [5.41, 5.74) is 0.845. The van der Waals surface area contributed by atoms with E-state index in [0.29, 0.717) is 23.6 Å². The van der Waals surface area contributed by atoms with Crippen LogP contribution >= 0.6 is 0 Å². The van der Waals surface area contributed by atoms with Gasteiger partial charge in [-0.25, -0.2) is 0 Å². The second-order valence-electron chi connectivity index (χ2n) is 4.80. The van der Waals surface area contributed by atoms with E-state index in [9.17, 15) is 9.59 Å². The molecule has 1 rings (SSSR count). The standard InChI is InChI=1S/C15H19N3O3/c1-11(2)7-17-14(20)10-18-15(21)13-6-12(4-3-5-19)8-16-9-13/h6,8-9,11,19H,5,7,10H2,1-2H3,(H,17,20)(H,18,21). The van der Waals surface area contributed by atoms with Crippen LogP contribution in [0.5, 0.6) is 0 Å². The molecule has 6 heteroatoms. The number of rotatable bonds is 5. The average molecular weight is 289 g/mol. The van der Waals surface area contributed by atoms with Gasteiger partial charge in [0.1, 0.15) is 6.61 Å². The van der Waals surface area contributed by atoms with Gasteiger partial charge in [0.05, 0.1) is 12.1 Å². The largest absolute Gasteiger partial charge is 0.384 e. The van der Waals surface area contributed by atoms with Gasteiger partial charge in [0.2, 0.25) is 5.91 Å². The molecule has 0 unspecified atom stereocenters. The molecule has 0 spiro atoms. The number of nitrogens with zero attached hydrogens (tertiary/aromatic N) is 1. The number of pyridine rings is 1. The second-order valence-corrected chi connectivity index (χ2v) is 4.80. The van der Waals surface area contributed by atoms with E-state index in [1.165, 1.54) is 12.4 Å². The molecule has 0 aromatic carbocycles. The lowest BCUT2D eigenvalue weighted by atomic mass is 10.2. The lowest BCUT2D eigenvalue weighted by Crippen LogP contribution is -2.38. The summed E-state index contributed by atoms with van der Waals surface area (Å²) in [6.45, 7) is 4.21. The van der Waals surface area contributed by atoms with Crippen LogP contribution in [0.25, 0.3) is 0 Å². The topological polar surface area (TPSA) is 91.3 Å². The van der Waals surface area contributed by atoms with E-state index in [1.807, 2.05) is 13.8 Å². The molecule has 112 valence electrons. The summed E-state index contributed by atoms with van der Waals surface area (Å²) in [6, 6.07) is 1.55. The van der Waals surface area contributed by atoms with Crippen LogP contribution in [0.15, 0.2) is 18.5 Å². The Labute approximate surface area is 124 Å². The maximum atomic E-state index is 11.9. The zero-order chi connectivity index (χ0) is 15.7. The number of hydrogen-bond donors (Lipinski definition) is 3. The van der Waals surface area contributed by atoms with Crippen molar-refractivity contribution < 1.29 is 14.7 Å². The maximum absolute atomic E-state index is 11.9. The minimum Gasteiger partial charge on any atom is -0.384 e. The van der Waals surface area contributed by atoms with Gasteiger partial charge in [-0.3, -0.25) is 14.6 Å². The molecule has 0 saturated carbocycles. The van der Waals surface area contributed by atoms with Gasteiger partial charge >= 0.3 is 0 Å². The molecular formula is C15H19N3O3. The first-order chi connectivity index (χ1) is 10.0. The molecule has 0 aliphatic heterocycles. The van der Waals surface area contributed by atoms with Crippen molar-refractivity contribution in [3.8, 4) is 11.8 Å². The highest BCUT2D eigenvalue weighted by Gasteiger charge is 2.09. The highest BCUT2D eigenvalue weighted by Crippen LogP contribution is 2.01. The maximum Gasteiger partial charge on any atom is 0.253 e. The molecule has 0 radical (unpaired) electrons. The lowest BCUT2D eigenvalue weighted by molar-refractivity contribution is -0.120. The first-order valence-electron chi connectivity index (χ1n) is 6.62. The smallest absolute Gasteiger partial charge is 0.253 e. The molecule has 0 aliphatic rings. The van der Waals surface area contributed by atoms with Gasteiger partial charge in [-0.1, -0.05) is 25.7 Å². The van der Waals surface area contributed by atoms with Gasteiger partial charge in [-0.05, 0) is 12.0 Å². The minimum absolute atomic E-state index is 0.0852. The Hall–Kier alpha value is -2.39. The first-order valence-corrected chi connectivity index (χ1v) is 6.62. The van der Waals surface area contributed by atoms with Crippen molar-refractivity contribution in [2.24, 2.45) is 5.92 Å². The van der Waals surface area contributed by atoms with Crippen molar-refractivity contribution in [3.63, 3.8) is 0 Å². The highest BCUT2D eigenvalue weighted by atomic mass is 16.2. The normalized spacial score (nSPS) is 9.71. The van der Waals surface area contributed by atoms with Crippen molar-refractivity contribution in [1.82, 2.24) is 15.6 Å². The Morgan fingerprint density at radius 1 is 1.33 bits per heavy atom. The van der Waals surface area contributed by atoms with Crippen LogP contribution in [-0.4, -0.2) is 41.6 Å². The van der Waals surface area contributed by atoms with E-state index in [1.54, 1.807) is 6.07 Å². The van der Waals surface area contributed by atoms with Gasteiger partial charge < -0.3 is 15.7 Å². The second kappa shape index (κ2) is 8.72. The Balaban J connectivity index is 2.54. The molecule has 0 fully saturated rings. The summed E-state index contributed by atoms with van der Waals surface area (Å²) < 4.78 is 0. The Bertz CT molecular complexity index is 559. The van der Waals surface area contributed by atoms with Crippen molar-refractivity contribution in [2.45, 2.75) is 13.8 Å². The average Bonchev–Trinajstić information content (AvgIpc) is 2.48. The van der Waals surface area contributed by atoms with Crippen LogP contribution in [0.2, 0.25) is 0 Å². The van der Waals surface area contributed by atoms with Crippen molar-refractivity contribution >= 4 is 11.8 Å². The molecule has 6 nitrogen and oxygen atoms in total. The quantitative estimate of drug-likeness (QED) is 0.662. The zero-order valence-electron chi connectivity index (χ0n) is 12.1. The number of carbonyl (C=O) groups is 2. The van der Waals surface area contributed by atoms with Crippen LogP contribution < -0.4 is 10.6 Å². The zero-order valence-corrected chi connectivity index (χ0v) is 12.1. The van der Waals surface area contributed by atoms with Crippen molar-refractivity contribution in [2.75, 3.05) is 19.7 Å². The van der Waals surface area contributed by atoms with E-state index >= 15 is 0 Å². The van der Waals surface area contributed by atoms with Gasteiger partial charge in [-0.2, -0.15) is 0 Å². The summed E-state index contributed by atoms with van der Waals surface area (Å²) in [7, 11) is 0. The van der Waals surface area contributed by atoms with Crippen LogP contribution in [0.4, 0.5) is 0 Å². The fourth-order valence-corrected chi connectivity index (χ4v) is 1.42. The third kappa shape index (κ3) is 6.54. The third-order valence-corrected chi connectivity index (χ3v) is 2.43. The Morgan fingerprint density at radius 3 is 2.76 bits per heavy atom. The summed E-state index contributed by atoms with van der Waals surface area (Å²) in [4.78, 5) is 27.3. The van der Waals surface area contributed by atoms with E-state index in [-0.39, 0.29) is 19.1 Å². The van der Waals surface area contributed by atoms with Gasteiger partial charge in [0.25, 0.3) is 5.91 Å². The summed E-state index contributed by atoms with van der Waals surface area (Å²) in [5.74, 6) is 4.87. The van der Waals surface area contributed by atoms with E-state index in [0.717, 1.165) is 0 Å². The molecule has 21 heavy (non-hydrogen) atoms. The van der Waals surface area contributed by atoms with E-state index in [2.05, 4.69) is 27.5 Å². The fraction of sp³-hybridized carbons (Fsp3) is 0.400. The van der Waals surface area contributed by atoms with E-state index < -0.39 is 5.91 Å². The number of nitrogens with one attached hydrogen (secondary N) is 2. The van der Waals surface area contributed by atoms with Crippen molar-refractivity contribution in [1.29, 1.82) is 0 Å². The SMILES string of the molecule is CC(C)CNC(=O)CNC(=O)c1cncc(C#CCO)c1. The molecule has 0 aliphatic carbocycles. The summed E-state index contributed by atoms with van der Waals surface area (Å²) >= 11 is 0. The van der Waals surface area contributed by atoms with E-state index in [4.69, 9.17) is 5.11 Å². The predicted molar refractivity (Wildman–Crippen MR) is 78.4 cm³/mol. The molecule has 0 saturated heterocycles.